The topological polar surface area (TPSA) is 75.9 Å². The number of benzene rings is 1. The van der Waals surface area contributed by atoms with Crippen molar-refractivity contribution in [3.05, 3.63) is 48.8 Å². The van der Waals surface area contributed by atoms with Crippen LogP contribution in [0.5, 0.6) is 0 Å². The lowest BCUT2D eigenvalue weighted by Gasteiger charge is -2.28. The van der Waals surface area contributed by atoms with Gasteiger partial charge in [-0.25, -0.2) is 0 Å². The summed E-state index contributed by atoms with van der Waals surface area (Å²) < 4.78 is 1.90. The summed E-state index contributed by atoms with van der Waals surface area (Å²) in [4.78, 5) is 19.1. The Labute approximate surface area is 180 Å². The minimum Gasteiger partial charge on any atom is -0.372 e. The van der Waals surface area contributed by atoms with Crippen molar-refractivity contribution < 1.29 is 4.79 Å². The quantitative estimate of drug-likeness (QED) is 0.606. The van der Waals surface area contributed by atoms with Gasteiger partial charge in [0.05, 0.1) is 5.25 Å². The maximum atomic E-state index is 12.7. The Bertz CT molecular complexity index is 983. The van der Waals surface area contributed by atoms with E-state index in [1.54, 1.807) is 12.4 Å². The van der Waals surface area contributed by atoms with Crippen LogP contribution in [-0.4, -0.2) is 44.0 Å². The third kappa shape index (κ3) is 4.64. The van der Waals surface area contributed by atoms with Crippen LogP contribution in [0.1, 0.15) is 26.2 Å². The average molecular weight is 423 g/mol. The molecular weight excluding hydrogens is 396 g/mol. The molecule has 1 aliphatic rings. The summed E-state index contributed by atoms with van der Waals surface area (Å²) in [5.41, 5.74) is 2.97. The summed E-state index contributed by atoms with van der Waals surface area (Å²) in [6.07, 6.45) is 7.26. The van der Waals surface area contributed by atoms with Crippen LogP contribution in [0.25, 0.3) is 11.4 Å². The van der Waals surface area contributed by atoms with E-state index in [9.17, 15) is 4.79 Å². The monoisotopic (exact) mass is 422 g/mol. The zero-order chi connectivity index (χ0) is 20.9. The number of nitrogens with one attached hydrogen (secondary N) is 1. The Hall–Kier alpha value is -2.87. The van der Waals surface area contributed by atoms with Gasteiger partial charge in [0, 0.05) is 49.5 Å². The smallest absolute Gasteiger partial charge is 0.237 e. The molecule has 1 atom stereocenters. The standard InChI is InChI=1S/C22H26N6OS/c1-16(30-22-26-25-20(27(22)2)17-10-12-23-13-11-17)21(29)24-18-6-8-19(9-7-18)28-14-4-3-5-15-28/h6-13,16H,3-5,14-15H2,1-2H3,(H,24,29)/t16-/m0/s1. The minimum absolute atomic E-state index is 0.0563. The van der Waals surface area contributed by atoms with E-state index < -0.39 is 0 Å². The maximum Gasteiger partial charge on any atom is 0.237 e. The molecule has 2 aromatic heterocycles. The molecule has 7 nitrogen and oxygen atoms in total. The number of thioether (sulfide) groups is 1. The molecule has 3 aromatic rings. The van der Waals surface area contributed by atoms with Crippen molar-refractivity contribution in [3.8, 4) is 11.4 Å². The van der Waals surface area contributed by atoms with Crippen molar-refractivity contribution in [1.29, 1.82) is 0 Å². The van der Waals surface area contributed by atoms with Crippen LogP contribution in [-0.2, 0) is 11.8 Å². The second kappa shape index (κ2) is 9.30. The first-order chi connectivity index (χ1) is 14.6. The number of amides is 1. The largest absolute Gasteiger partial charge is 0.372 e. The van der Waals surface area contributed by atoms with Crippen molar-refractivity contribution in [1.82, 2.24) is 19.7 Å². The van der Waals surface area contributed by atoms with Gasteiger partial charge in [-0.05, 0) is 62.6 Å². The minimum atomic E-state index is -0.306. The van der Waals surface area contributed by atoms with Crippen LogP contribution >= 0.6 is 11.8 Å². The Balaban J connectivity index is 1.37. The molecule has 0 bridgehead atoms. The highest BCUT2D eigenvalue weighted by molar-refractivity contribution is 8.00. The van der Waals surface area contributed by atoms with Crippen molar-refractivity contribution in [3.63, 3.8) is 0 Å². The van der Waals surface area contributed by atoms with Crippen LogP contribution in [0, 0.1) is 0 Å². The van der Waals surface area contributed by atoms with Crippen molar-refractivity contribution in [2.45, 2.75) is 36.6 Å². The summed E-state index contributed by atoms with van der Waals surface area (Å²) in [5.74, 6) is 0.694. The van der Waals surface area contributed by atoms with Gasteiger partial charge in [0.15, 0.2) is 11.0 Å². The second-order valence-electron chi connectivity index (χ2n) is 7.44. The van der Waals surface area contributed by atoms with Gasteiger partial charge in [-0.15, -0.1) is 10.2 Å². The number of nitrogens with zero attached hydrogens (tertiary/aromatic N) is 5. The van der Waals surface area contributed by atoms with E-state index >= 15 is 0 Å². The fraction of sp³-hybridized carbons (Fsp3) is 0.364. The molecule has 156 valence electrons. The Morgan fingerprint density at radius 1 is 1.03 bits per heavy atom. The summed E-state index contributed by atoms with van der Waals surface area (Å²) in [5, 5.41) is 11.9. The zero-order valence-corrected chi connectivity index (χ0v) is 18.1. The second-order valence-corrected chi connectivity index (χ2v) is 8.75. The SMILES string of the molecule is C[C@H](Sc1nnc(-c2ccncc2)n1C)C(=O)Nc1ccc(N2CCCCC2)cc1. The van der Waals surface area contributed by atoms with Crippen molar-refractivity contribution in [2.75, 3.05) is 23.3 Å². The Morgan fingerprint density at radius 3 is 2.43 bits per heavy atom. The summed E-state index contributed by atoms with van der Waals surface area (Å²) in [7, 11) is 1.90. The predicted octanol–water partition coefficient (Wildman–Crippen LogP) is 3.99. The Morgan fingerprint density at radius 2 is 1.73 bits per heavy atom. The lowest BCUT2D eigenvalue weighted by Crippen LogP contribution is -2.29. The van der Waals surface area contributed by atoms with E-state index in [4.69, 9.17) is 0 Å². The van der Waals surface area contributed by atoms with Crippen LogP contribution in [0.15, 0.2) is 53.9 Å². The molecule has 8 heteroatoms. The summed E-state index contributed by atoms with van der Waals surface area (Å²) >= 11 is 1.39. The molecule has 1 fully saturated rings. The average Bonchev–Trinajstić information content (AvgIpc) is 3.15. The maximum absolute atomic E-state index is 12.7. The van der Waals surface area contributed by atoms with Crippen LogP contribution in [0.2, 0.25) is 0 Å². The van der Waals surface area contributed by atoms with Gasteiger partial charge in [-0.1, -0.05) is 11.8 Å². The van der Waals surface area contributed by atoms with E-state index in [2.05, 4.69) is 37.5 Å². The first kappa shape index (κ1) is 20.4. The van der Waals surface area contributed by atoms with E-state index in [1.165, 1.54) is 36.7 Å². The molecular formula is C22H26N6OS. The number of pyridine rings is 1. The predicted molar refractivity (Wildman–Crippen MR) is 121 cm³/mol. The van der Waals surface area contributed by atoms with Crippen LogP contribution in [0.4, 0.5) is 11.4 Å². The molecule has 0 saturated carbocycles. The number of carbonyl (C=O) groups is 1. The van der Waals surface area contributed by atoms with Gasteiger partial charge in [0.2, 0.25) is 5.91 Å². The van der Waals surface area contributed by atoms with Gasteiger partial charge < -0.3 is 14.8 Å². The van der Waals surface area contributed by atoms with Gasteiger partial charge in [0.25, 0.3) is 0 Å². The first-order valence-corrected chi connectivity index (χ1v) is 11.1. The molecule has 0 radical (unpaired) electrons. The highest BCUT2D eigenvalue weighted by Crippen LogP contribution is 2.27. The lowest BCUT2D eigenvalue weighted by molar-refractivity contribution is -0.115. The molecule has 0 aliphatic carbocycles. The highest BCUT2D eigenvalue weighted by atomic mass is 32.2. The third-order valence-corrected chi connectivity index (χ3v) is 6.41. The fourth-order valence-electron chi connectivity index (χ4n) is 3.53. The molecule has 1 saturated heterocycles. The Kier molecular flexibility index (Phi) is 6.32. The molecule has 1 amide bonds. The molecule has 1 N–H and O–H groups in total. The van der Waals surface area contributed by atoms with Gasteiger partial charge in [0.1, 0.15) is 0 Å². The molecule has 0 spiro atoms. The summed E-state index contributed by atoms with van der Waals surface area (Å²) in [6, 6.07) is 11.9. The van der Waals surface area contributed by atoms with E-state index in [1.807, 2.05) is 42.8 Å². The number of anilines is 2. The number of piperidine rings is 1. The van der Waals surface area contributed by atoms with E-state index in [-0.39, 0.29) is 11.2 Å². The molecule has 0 unspecified atom stereocenters. The van der Waals surface area contributed by atoms with Crippen molar-refractivity contribution >= 4 is 29.0 Å². The molecule has 1 aliphatic heterocycles. The highest BCUT2D eigenvalue weighted by Gasteiger charge is 2.20. The number of hydrogen-bond donors (Lipinski definition) is 1. The first-order valence-electron chi connectivity index (χ1n) is 10.2. The number of carbonyl (C=O) groups excluding carboxylic acids is 1. The van der Waals surface area contributed by atoms with Gasteiger partial charge >= 0.3 is 0 Å². The number of rotatable bonds is 6. The van der Waals surface area contributed by atoms with Crippen LogP contribution < -0.4 is 10.2 Å². The van der Waals surface area contributed by atoms with E-state index in [0.717, 1.165) is 30.2 Å². The molecule has 1 aromatic carbocycles. The van der Waals surface area contributed by atoms with Gasteiger partial charge in [-0.3, -0.25) is 9.78 Å². The lowest BCUT2D eigenvalue weighted by atomic mass is 10.1. The molecule has 30 heavy (non-hydrogen) atoms. The number of aromatic nitrogens is 4. The van der Waals surface area contributed by atoms with Gasteiger partial charge in [-0.2, -0.15) is 0 Å². The fourth-order valence-corrected chi connectivity index (χ4v) is 4.35. The molecule has 4 rings (SSSR count). The number of hydrogen-bond acceptors (Lipinski definition) is 6. The van der Waals surface area contributed by atoms with Crippen molar-refractivity contribution in [2.24, 2.45) is 7.05 Å². The zero-order valence-electron chi connectivity index (χ0n) is 17.3. The molecule has 3 heterocycles. The van der Waals surface area contributed by atoms with Crippen LogP contribution in [0.3, 0.4) is 0 Å². The normalized spacial score (nSPS) is 15.1. The summed E-state index contributed by atoms with van der Waals surface area (Å²) in [6.45, 7) is 4.10. The third-order valence-electron chi connectivity index (χ3n) is 5.28. The van der Waals surface area contributed by atoms with E-state index in [0.29, 0.717) is 5.16 Å².